The van der Waals surface area contributed by atoms with E-state index in [9.17, 15) is 21.6 Å². The first kappa shape index (κ1) is 20.4. The maximum Gasteiger partial charge on any atom is 0.572 e. The standard InChI is InChI=1S/C20H17F3O3S2/c1-16-12-14-19(15-13-16)27(17-8-4-2-5-9-17,18-10-6-3-7-11-18)26-28(24,25)20(21,22)23/h2-15H,1H3/p+1. The van der Waals surface area contributed by atoms with E-state index in [0.717, 1.165) is 5.56 Å². The molecule has 3 aromatic carbocycles. The Kier molecular flexibility index (Phi) is 5.56. The van der Waals surface area contributed by atoms with Crippen LogP contribution in [0.1, 0.15) is 5.56 Å². The maximum atomic E-state index is 13.3. The van der Waals surface area contributed by atoms with E-state index in [0.29, 0.717) is 14.7 Å². The van der Waals surface area contributed by atoms with E-state index in [1.54, 1.807) is 84.9 Å². The number of halogens is 3. The molecular weight excluding hydrogens is 409 g/mol. The first-order valence-corrected chi connectivity index (χ1v) is 11.3. The lowest BCUT2D eigenvalue weighted by Gasteiger charge is -2.34. The fourth-order valence-corrected chi connectivity index (χ4v) is 7.69. The zero-order chi connectivity index (χ0) is 20.4. The number of alkyl halides is 3. The minimum absolute atomic E-state index is 0.401. The lowest BCUT2D eigenvalue weighted by atomic mass is 10.2. The van der Waals surface area contributed by atoms with Crippen LogP contribution in [-0.2, 0) is 10.1 Å². The van der Waals surface area contributed by atoms with Gasteiger partial charge in [-0.3, -0.25) is 3.63 Å². The monoisotopic (exact) mass is 427 g/mol. The van der Waals surface area contributed by atoms with Crippen LogP contribution in [0.15, 0.2) is 99.6 Å². The Morgan fingerprint density at radius 1 is 0.679 bits per heavy atom. The van der Waals surface area contributed by atoms with Gasteiger partial charge in [-0.2, -0.15) is 13.2 Å². The van der Waals surface area contributed by atoms with Gasteiger partial charge in [-0.25, -0.2) is 0 Å². The predicted octanol–water partition coefficient (Wildman–Crippen LogP) is 6.14. The van der Waals surface area contributed by atoms with Crippen LogP contribution in [-0.4, -0.2) is 17.6 Å². The minimum atomic E-state index is -5.75. The third-order valence-electron chi connectivity index (χ3n) is 4.03. The number of aryl methyl sites for hydroxylation is 1. The summed E-state index contributed by atoms with van der Waals surface area (Å²) in [5.74, 6) is 0. The lowest BCUT2D eigenvalue weighted by molar-refractivity contribution is -0.0540. The molecule has 3 aromatic rings. The van der Waals surface area contributed by atoms with Crippen LogP contribution in [0.2, 0.25) is 0 Å². The first-order chi connectivity index (χ1) is 13.2. The minimum Gasteiger partial charge on any atom is -0.255 e. The smallest absolute Gasteiger partial charge is 0.255 e. The van der Waals surface area contributed by atoms with Gasteiger partial charge in [-0.05, 0) is 43.3 Å². The molecular formula is C20H18F3O3S2+. The number of hydrogen-bond donors (Lipinski definition) is 0. The molecule has 1 N–H and O–H groups in total. The third-order valence-corrected chi connectivity index (χ3v) is 9.16. The van der Waals surface area contributed by atoms with Gasteiger partial charge in [-0.15, -0.1) is 8.42 Å². The van der Waals surface area contributed by atoms with Crippen LogP contribution in [0.5, 0.6) is 0 Å². The highest BCUT2D eigenvalue weighted by atomic mass is 32.3. The molecule has 8 heteroatoms. The molecule has 0 heterocycles. The molecule has 0 spiro atoms. The molecule has 0 fully saturated rings. The van der Waals surface area contributed by atoms with Crippen LogP contribution in [0.25, 0.3) is 0 Å². The molecule has 0 aliphatic heterocycles. The topological polar surface area (TPSA) is 46.9 Å². The molecule has 0 aliphatic carbocycles. The SMILES string of the molecule is Cc1ccc(S([OH+]S(=O)(=O)C(F)(F)F)(c2ccccc2)c2ccccc2)cc1. The Bertz CT molecular complexity index is 994. The molecule has 0 amide bonds. The Morgan fingerprint density at radius 3 is 1.46 bits per heavy atom. The quantitative estimate of drug-likeness (QED) is 0.279. The second kappa shape index (κ2) is 7.62. The zero-order valence-corrected chi connectivity index (χ0v) is 16.4. The molecule has 28 heavy (non-hydrogen) atoms. The summed E-state index contributed by atoms with van der Waals surface area (Å²) in [6.45, 7) is 1.84. The van der Waals surface area contributed by atoms with Crippen molar-refractivity contribution in [2.75, 3.05) is 0 Å². The molecule has 3 rings (SSSR count). The predicted molar refractivity (Wildman–Crippen MR) is 104 cm³/mol. The summed E-state index contributed by atoms with van der Waals surface area (Å²) >= 11 is 0. The van der Waals surface area contributed by atoms with Crippen molar-refractivity contribution in [1.82, 2.24) is 0 Å². The van der Waals surface area contributed by atoms with E-state index in [-0.39, 0.29) is 0 Å². The maximum absolute atomic E-state index is 13.3. The first-order valence-electron chi connectivity index (χ1n) is 8.22. The van der Waals surface area contributed by atoms with Gasteiger partial charge in [0.05, 0.1) is 25.0 Å². The van der Waals surface area contributed by atoms with Gasteiger partial charge in [0.1, 0.15) is 0 Å². The average molecular weight is 427 g/mol. The largest absolute Gasteiger partial charge is 0.572 e. The van der Waals surface area contributed by atoms with Gasteiger partial charge in [0, 0.05) is 0 Å². The molecule has 148 valence electrons. The Balaban J connectivity index is 2.38. The summed E-state index contributed by atoms with van der Waals surface area (Å²) < 4.78 is 67.9. The van der Waals surface area contributed by atoms with Crippen molar-refractivity contribution in [2.24, 2.45) is 0 Å². The van der Waals surface area contributed by atoms with E-state index in [1.807, 2.05) is 6.92 Å². The van der Waals surface area contributed by atoms with Crippen LogP contribution >= 0.6 is 10.3 Å². The zero-order valence-electron chi connectivity index (χ0n) is 14.8. The van der Waals surface area contributed by atoms with Crippen molar-refractivity contribution in [1.29, 1.82) is 0 Å². The Labute approximate surface area is 163 Å². The molecule has 0 saturated carbocycles. The number of rotatable bonds is 5. The van der Waals surface area contributed by atoms with Crippen LogP contribution in [0, 0.1) is 6.92 Å². The normalized spacial score (nSPS) is 13.3. The second-order valence-corrected chi connectivity index (χ2v) is 10.6. The second-order valence-electron chi connectivity index (χ2n) is 6.01. The summed E-state index contributed by atoms with van der Waals surface area (Å²) in [6, 6.07) is 23.2. The molecule has 0 radical (unpaired) electrons. The van der Waals surface area contributed by atoms with Gasteiger partial charge in [0.2, 0.25) is 0 Å². The Morgan fingerprint density at radius 2 is 1.07 bits per heavy atom. The molecule has 0 aromatic heterocycles. The van der Waals surface area contributed by atoms with Crippen molar-refractivity contribution in [3.63, 3.8) is 0 Å². The van der Waals surface area contributed by atoms with Crippen molar-refractivity contribution in [3.8, 4) is 0 Å². The fourth-order valence-electron chi connectivity index (χ4n) is 2.70. The van der Waals surface area contributed by atoms with E-state index < -0.39 is 25.9 Å². The molecule has 0 saturated heterocycles. The lowest BCUT2D eigenvalue weighted by Crippen LogP contribution is -2.30. The summed E-state index contributed by atoms with van der Waals surface area (Å²) in [6.07, 6.45) is 0. The summed E-state index contributed by atoms with van der Waals surface area (Å²) in [4.78, 5) is 1.21. The van der Waals surface area contributed by atoms with Gasteiger partial charge in [0.15, 0.2) is 0 Å². The summed E-state index contributed by atoms with van der Waals surface area (Å²) in [5, 5.41) is 0. The average Bonchev–Trinajstić information content (AvgIpc) is 2.67. The van der Waals surface area contributed by atoms with Gasteiger partial charge < -0.3 is 0 Å². The van der Waals surface area contributed by atoms with Gasteiger partial charge in [0.25, 0.3) is 0 Å². The highest BCUT2D eigenvalue weighted by Crippen LogP contribution is 2.68. The molecule has 0 atom stereocenters. The van der Waals surface area contributed by atoms with E-state index in [2.05, 4.69) is 3.63 Å². The van der Waals surface area contributed by atoms with Crippen molar-refractivity contribution < 1.29 is 25.2 Å². The number of hydrogen-bond acceptors (Lipinski definition) is 2. The highest BCUT2D eigenvalue weighted by molar-refractivity contribution is 8.32. The van der Waals surface area contributed by atoms with Gasteiger partial charge >= 0.3 is 15.6 Å². The number of benzene rings is 3. The van der Waals surface area contributed by atoms with Crippen molar-refractivity contribution >= 4 is 20.4 Å². The summed E-state index contributed by atoms with van der Waals surface area (Å²) in [5.41, 5.74) is -4.59. The van der Waals surface area contributed by atoms with E-state index in [4.69, 9.17) is 0 Å². The van der Waals surface area contributed by atoms with Gasteiger partial charge in [-0.1, -0.05) is 54.1 Å². The van der Waals surface area contributed by atoms with Crippen molar-refractivity contribution in [3.05, 3.63) is 90.5 Å². The molecule has 0 bridgehead atoms. The Hall–Kier alpha value is -2.29. The van der Waals surface area contributed by atoms with Crippen LogP contribution < -0.4 is 0 Å². The molecule has 3 nitrogen and oxygen atoms in total. The molecule has 0 aliphatic rings. The van der Waals surface area contributed by atoms with E-state index >= 15 is 0 Å². The molecule has 0 unspecified atom stereocenters. The fraction of sp³-hybridized carbons (Fsp3) is 0.100. The summed E-state index contributed by atoms with van der Waals surface area (Å²) in [7, 11) is -8.82. The van der Waals surface area contributed by atoms with Crippen LogP contribution in [0.3, 0.4) is 0 Å². The highest BCUT2D eigenvalue weighted by Gasteiger charge is 2.57. The third kappa shape index (κ3) is 3.80. The van der Waals surface area contributed by atoms with Crippen LogP contribution in [0.4, 0.5) is 13.2 Å². The van der Waals surface area contributed by atoms with Crippen molar-refractivity contribution in [2.45, 2.75) is 27.1 Å². The van der Waals surface area contributed by atoms with E-state index in [1.165, 1.54) is 0 Å².